The summed E-state index contributed by atoms with van der Waals surface area (Å²) in [7, 11) is 1.65. The van der Waals surface area contributed by atoms with Crippen molar-refractivity contribution in [1.82, 2.24) is 34.9 Å². The maximum atomic E-state index is 14.0. The van der Waals surface area contributed by atoms with Crippen LogP contribution in [0.5, 0.6) is 0 Å². The maximum Gasteiger partial charge on any atom is 0.407 e. The van der Waals surface area contributed by atoms with Crippen LogP contribution in [0, 0.1) is 11.7 Å². The third-order valence-corrected chi connectivity index (χ3v) is 6.82. The number of benzene rings is 1. The molecule has 3 heterocycles. The first-order valence-electron chi connectivity index (χ1n) is 12.6. The monoisotopic (exact) mass is 515 g/mol. The fourth-order valence-corrected chi connectivity index (χ4v) is 4.98. The predicted molar refractivity (Wildman–Crippen MR) is 134 cm³/mol. The lowest BCUT2D eigenvalue weighted by Gasteiger charge is -2.38. The number of aromatic amines is 1. The van der Waals surface area contributed by atoms with Crippen molar-refractivity contribution in [2.24, 2.45) is 5.92 Å². The van der Waals surface area contributed by atoms with E-state index in [4.69, 9.17) is 4.74 Å². The zero-order valence-electron chi connectivity index (χ0n) is 21.4. The van der Waals surface area contributed by atoms with Crippen molar-refractivity contribution in [3.63, 3.8) is 0 Å². The summed E-state index contributed by atoms with van der Waals surface area (Å²) < 4.78 is 21.0. The number of H-pyrrole nitrogens is 1. The van der Waals surface area contributed by atoms with Crippen LogP contribution in [0.4, 0.5) is 9.18 Å². The van der Waals surface area contributed by atoms with Crippen LogP contribution in [0.1, 0.15) is 55.5 Å². The molecule has 3 aromatic rings. The van der Waals surface area contributed by atoms with E-state index in [2.05, 4.69) is 25.5 Å². The third kappa shape index (κ3) is 6.13. The highest BCUT2D eigenvalue weighted by Gasteiger charge is 2.36. The largest absolute Gasteiger partial charge is 0.465 e. The summed E-state index contributed by atoms with van der Waals surface area (Å²) in [6.07, 6.45) is 2.55. The number of nitrogens with one attached hydrogen (secondary N) is 2. The van der Waals surface area contributed by atoms with Crippen molar-refractivity contribution in [3.8, 4) is 0 Å². The fraction of sp³-hybridized carbons (Fsp3) is 0.560. The number of likely N-dealkylation sites (tertiary alicyclic amines) is 1. The molecule has 3 atom stereocenters. The summed E-state index contributed by atoms with van der Waals surface area (Å²) in [5.41, 5.74) is 1.13. The Kier molecular flexibility index (Phi) is 8.49. The number of aromatic nitrogens is 5. The molecular formula is C25H34FN7O4. The van der Waals surface area contributed by atoms with E-state index in [1.54, 1.807) is 13.2 Å². The van der Waals surface area contributed by atoms with Gasteiger partial charge in [-0.05, 0) is 37.3 Å². The molecule has 37 heavy (non-hydrogen) atoms. The molecule has 0 bridgehead atoms. The molecule has 1 fully saturated rings. The van der Waals surface area contributed by atoms with Crippen molar-refractivity contribution in [2.75, 3.05) is 26.8 Å². The van der Waals surface area contributed by atoms with E-state index in [0.29, 0.717) is 43.0 Å². The van der Waals surface area contributed by atoms with Gasteiger partial charge < -0.3 is 24.6 Å². The molecule has 0 aliphatic carbocycles. The van der Waals surface area contributed by atoms with Gasteiger partial charge in [-0.15, -0.1) is 0 Å². The highest BCUT2D eigenvalue weighted by atomic mass is 19.1. The van der Waals surface area contributed by atoms with Gasteiger partial charge in [0.1, 0.15) is 18.0 Å². The number of amides is 1. The number of carbonyl (C=O) groups is 2. The molecule has 11 nitrogen and oxygen atoms in total. The zero-order valence-corrected chi connectivity index (χ0v) is 21.4. The number of fused-ring (bicyclic) bond motifs is 1. The Balaban J connectivity index is 1.60. The number of halogens is 1. The van der Waals surface area contributed by atoms with Crippen LogP contribution in [0.25, 0.3) is 11.0 Å². The maximum absolute atomic E-state index is 14.0. The first-order valence-corrected chi connectivity index (χ1v) is 12.6. The van der Waals surface area contributed by atoms with Crippen LogP contribution in [0.2, 0.25) is 0 Å². The number of hydrogen-bond acceptors (Lipinski definition) is 7. The van der Waals surface area contributed by atoms with Gasteiger partial charge in [0.15, 0.2) is 5.82 Å². The molecule has 1 aromatic carbocycles. The van der Waals surface area contributed by atoms with Crippen LogP contribution < -0.4 is 5.32 Å². The van der Waals surface area contributed by atoms with E-state index in [1.165, 1.54) is 23.4 Å². The first-order chi connectivity index (χ1) is 17.8. The van der Waals surface area contributed by atoms with Gasteiger partial charge in [-0.3, -0.25) is 9.89 Å². The van der Waals surface area contributed by atoms with Gasteiger partial charge in [-0.2, -0.15) is 5.10 Å². The van der Waals surface area contributed by atoms with Crippen LogP contribution >= 0.6 is 0 Å². The molecule has 1 unspecified atom stereocenters. The second-order valence-electron chi connectivity index (χ2n) is 9.86. The molecule has 12 heteroatoms. The number of aryl methyl sites for hydroxylation is 1. The molecule has 200 valence electrons. The average molecular weight is 516 g/mol. The van der Waals surface area contributed by atoms with Crippen molar-refractivity contribution < 1.29 is 23.8 Å². The highest BCUT2D eigenvalue weighted by molar-refractivity contribution is 6.00. The number of carboxylic acid groups (broad SMARTS) is 1. The third-order valence-electron chi connectivity index (χ3n) is 6.82. The number of carbonyl (C=O) groups excluding carboxylic acids is 1. The SMILES string of the molecule is COCCCCn1c(C(=O)C(N[C@H]2C[C@@H](c3ncn[nH]3)CN(C(=O)O)C2)C(C)C)nc2cc(F)ccc21. The first kappa shape index (κ1) is 26.7. The van der Waals surface area contributed by atoms with Crippen LogP contribution in [-0.4, -0.2) is 85.5 Å². The van der Waals surface area contributed by atoms with Crippen LogP contribution in [-0.2, 0) is 11.3 Å². The fourth-order valence-electron chi connectivity index (χ4n) is 4.98. The minimum atomic E-state index is -1.02. The van der Waals surface area contributed by atoms with E-state index in [0.717, 1.165) is 12.8 Å². The molecular weight excluding hydrogens is 481 g/mol. The van der Waals surface area contributed by atoms with Crippen molar-refractivity contribution in [3.05, 3.63) is 42.0 Å². The number of unbranched alkanes of at least 4 members (excludes halogenated alkanes) is 1. The lowest BCUT2D eigenvalue weighted by atomic mass is 9.91. The minimum Gasteiger partial charge on any atom is -0.465 e. The summed E-state index contributed by atoms with van der Waals surface area (Å²) in [6, 6.07) is 3.45. The summed E-state index contributed by atoms with van der Waals surface area (Å²) >= 11 is 0. The Morgan fingerprint density at radius 3 is 2.78 bits per heavy atom. The van der Waals surface area contributed by atoms with E-state index in [1.807, 2.05) is 18.4 Å². The Hall–Kier alpha value is -3.38. The van der Waals surface area contributed by atoms with E-state index >= 15 is 0 Å². The average Bonchev–Trinajstić information content (AvgIpc) is 3.53. The van der Waals surface area contributed by atoms with Crippen molar-refractivity contribution >= 4 is 22.9 Å². The van der Waals surface area contributed by atoms with Crippen LogP contribution in [0.15, 0.2) is 24.5 Å². The number of methoxy groups -OCH3 is 1. The number of ether oxygens (including phenoxy) is 1. The highest BCUT2D eigenvalue weighted by Crippen LogP contribution is 2.26. The standard InChI is InChI=1S/C25H34FN7O4/c1-15(2)21(29-18-10-16(23-27-14-28-31-23)12-32(13-18)25(35)36)22(34)24-30-19-11-17(26)6-7-20(19)33(24)8-4-5-9-37-3/h6-7,11,14-16,18,21,29H,4-5,8-10,12-13H2,1-3H3,(H,35,36)(H,27,28,31)/t16-,18+,21?/m1/s1. The Bertz CT molecular complexity index is 1210. The lowest BCUT2D eigenvalue weighted by Crippen LogP contribution is -2.55. The van der Waals surface area contributed by atoms with Crippen LogP contribution in [0.3, 0.4) is 0 Å². The van der Waals surface area contributed by atoms with Crippen molar-refractivity contribution in [1.29, 1.82) is 0 Å². The molecule has 1 aliphatic heterocycles. The number of ketones is 1. The number of rotatable bonds is 11. The second-order valence-corrected chi connectivity index (χ2v) is 9.86. The summed E-state index contributed by atoms with van der Waals surface area (Å²) in [6.45, 7) is 5.57. The van der Waals surface area contributed by atoms with Gasteiger partial charge >= 0.3 is 6.09 Å². The molecule has 1 aliphatic rings. The number of Topliss-reactive ketones (excluding diaryl/α,β-unsaturated/α-hetero) is 1. The molecule has 1 amide bonds. The summed E-state index contributed by atoms with van der Waals surface area (Å²) in [4.78, 5) is 35.9. The van der Waals surface area contributed by atoms with Gasteiger partial charge in [-0.25, -0.2) is 19.2 Å². The van der Waals surface area contributed by atoms with E-state index in [-0.39, 0.29) is 36.0 Å². The topological polar surface area (TPSA) is 138 Å². The molecule has 2 aromatic heterocycles. The molecule has 0 spiro atoms. The van der Waals surface area contributed by atoms with Gasteiger partial charge in [0.05, 0.1) is 17.1 Å². The summed E-state index contributed by atoms with van der Waals surface area (Å²) in [5.74, 6) is -0.0199. The molecule has 0 saturated carbocycles. The molecule has 4 rings (SSSR count). The van der Waals surface area contributed by atoms with Gasteiger partial charge in [0, 0.05) is 51.4 Å². The van der Waals surface area contributed by atoms with Gasteiger partial charge in [0.25, 0.3) is 0 Å². The predicted octanol–water partition coefficient (Wildman–Crippen LogP) is 3.05. The number of imidazole rings is 1. The summed E-state index contributed by atoms with van der Waals surface area (Å²) in [5, 5.41) is 19.9. The Labute approximate surface area is 214 Å². The molecule has 0 radical (unpaired) electrons. The van der Waals surface area contributed by atoms with E-state index < -0.39 is 18.0 Å². The Morgan fingerprint density at radius 2 is 2.11 bits per heavy atom. The van der Waals surface area contributed by atoms with Gasteiger partial charge in [-0.1, -0.05) is 13.8 Å². The lowest BCUT2D eigenvalue weighted by molar-refractivity contribution is 0.0857. The van der Waals surface area contributed by atoms with Crippen molar-refractivity contribution in [2.45, 2.75) is 57.7 Å². The van der Waals surface area contributed by atoms with Gasteiger partial charge in [0.2, 0.25) is 5.78 Å². The normalized spacial score (nSPS) is 19.0. The quantitative estimate of drug-likeness (QED) is 0.262. The minimum absolute atomic E-state index is 0.102. The molecule has 1 saturated heterocycles. The second kappa shape index (κ2) is 11.8. The Morgan fingerprint density at radius 1 is 1.30 bits per heavy atom. The number of nitrogens with zero attached hydrogens (tertiary/aromatic N) is 5. The smallest absolute Gasteiger partial charge is 0.407 e. The zero-order chi connectivity index (χ0) is 26.5. The number of piperidine rings is 1. The number of hydrogen-bond donors (Lipinski definition) is 3. The molecule has 3 N–H and O–H groups in total. The van der Waals surface area contributed by atoms with E-state index in [9.17, 15) is 19.1 Å².